The van der Waals surface area contributed by atoms with E-state index in [1.54, 1.807) is 0 Å². The van der Waals surface area contributed by atoms with Crippen molar-refractivity contribution in [3.8, 4) is 0 Å². The van der Waals surface area contributed by atoms with Crippen LogP contribution in [0.4, 0.5) is 0 Å². The largest absolute Gasteiger partial charge is 0.465 e. The molecule has 0 radical (unpaired) electrons. The second kappa shape index (κ2) is 16.6. The third-order valence-corrected chi connectivity index (χ3v) is 6.78. The minimum absolute atomic E-state index is 0.103. The van der Waals surface area contributed by atoms with Gasteiger partial charge in [-0.3, -0.25) is 4.79 Å². The topological polar surface area (TPSA) is 63.6 Å². The predicted octanol–water partition coefficient (Wildman–Crippen LogP) is 7.65. The van der Waals surface area contributed by atoms with Crippen LogP contribution in [-0.4, -0.2) is 24.0 Å². The van der Waals surface area contributed by atoms with Gasteiger partial charge in [0.05, 0.1) is 13.2 Å². The molecule has 4 nitrogen and oxygen atoms in total. The summed E-state index contributed by atoms with van der Waals surface area (Å²) >= 11 is 1.52. The Morgan fingerprint density at radius 3 is 2.33 bits per heavy atom. The molecule has 0 bridgehead atoms. The SMILES string of the molecule is CC.CCCCCC(O)c1ccc([C@@H]2CCCC2=O)cc1.CCCc1ccc(C(=O)OC)s1. The summed E-state index contributed by atoms with van der Waals surface area (Å²) in [6.07, 6.45) is 8.77. The molecule has 0 saturated heterocycles. The summed E-state index contributed by atoms with van der Waals surface area (Å²) < 4.78 is 4.60. The Morgan fingerprint density at radius 2 is 1.79 bits per heavy atom. The fourth-order valence-corrected chi connectivity index (χ4v) is 4.87. The number of carbonyl (C=O) groups excluding carboxylic acids is 2. The molecule has 0 aliphatic heterocycles. The molecule has 33 heavy (non-hydrogen) atoms. The van der Waals surface area contributed by atoms with E-state index in [-0.39, 0.29) is 18.0 Å². The van der Waals surface area contributed by atoms with Gasteiger partial charge in [0, 0.05) is 17.2 Å². The van der Waals surface area contributed by atoms with Crippen LogP contribution in [0.25, 0.3) is 0 Å². The zero-order chi connectivity index (χ0) is 24.6. The molecule has 1 aliphatic rings. The summed E-state index contributed by atoms with van der Waals surface area (Å²) in [6, 6.07) is 11.8. The van der Waals surface area contributed by atoms with Crippen LogP contribution in [0.15, 0.2) is 36.4 Å². The minimum Gasteiger partial charge on any atom is -0.465 e. The van der Waals surface area contributed by atoms with E-state index in [1.807, 2.05) is 50.2 Å². The number of aliphatic hydroxyl groups excluding tert-OH is 1. The first-order valence-corrected chi connectivity index (χ1v) is 13.3. The highest BCUT2D eigenvalue weighted by Crippen LogP contribution is 2.32. The normalized spacial score (nSPS) is 15.7. The molecule has 2 atom stereocenters. The quantitative estimate of drug-likeness (QED) is 0.299. The van der Waals surface area contributed by atoms with Crippen LogP contribution in [0.5, 0.6) is 0 Å². The summed E-state index contributed by atoms with van der Waals surface area (Å²) in [4.78, 5) is 24.7. The summed E-state index contributed by atoms with van der Waals surface area (Å²) in [7, 11) is 1.40. The number of esters is 1. The predicted molar refractivity (Wildman–Crippen MR) is 138 cm³/mol. The van der Waals surface area contributed by atoms with Crippen LogP contribution in [0.3, 0.4) is 0 Å². The minimum atomic E-state index is -0.361. The van der Waals surface area contributed by atoms with Gasteiger partial charge in [-0.15, -0.1) is 11.3 Å². The summed E-state index contributed by atoms with van der Waals surface area (Å²) in [5, 5.41) is 10.1. The monoisotopic (exact) mass is 474 g/mol. The summed E-state index contributed by atoms with van der Waals surface area (Å²) in [6.45, 7) is 8.29. The first-order chi connectivity index (χ1) is 16.0. The number of rotatable bonds is 9. The Kier molecular flexibility index (Phi) is 14.6. The lowest BCUT2D eigenvalue weighted by atomic mass is 9.94. The first kappa shape index (κ1) is 29.1. The highest BCUT2D eigenvalue weighted by Gasteiger charge is 2.25. The number of thiophene rings is 1. The number of aliphatic hydroxyl groups is 1. The number of carbonyl (C=O) groups is 2. The number of benzene rings is 1. The van der Waals surface area contributed by atoms with Gasteiger partial charge in [0.2, 0.25) is 0 Å². The molecule has 1 saturated carbocycles. The van der Waals surface area contributed by atoms with Crippen molar-refractivity contribution in [1.82, 2.24) is 0 Å². The molecule has 3 rings (SSSR count). The highest BCUT2D eigenvalue weighted by atomic mass is 32.1. The average molecular weight is 475 g/mol. The van der Waals surface area contributed by atoms with Crippen molar-refractivity contribution in [3.05, 3.63) is 57.3 Å². The fraction of sp³-hybridized carbons (Fsp3) is 0.571. The van der Waals surface area contributed by atoms with Crippen molar-refractivity contribution in [2.75, 3.05) is 7.11 Å². The van der Waals surface area contributed by atoms with E-state index in [0.717, 1.165) is 56.1 Å². The Bertz CT molecular complexity index is 810. The zero-order valence-corrected chi connectivity index (χ0v) is 21.9. The second-order valence-corrected chi connectivity index (χ2v) is 9.27. The van der Waals surface area contributed by atoms with Gasteiger partial charge in [-0.05, 0) is 48.9 Å². The Hall–Kier alpha value is -1.98. The van der Waals surface area contributed by atoms with Crippen LogP contribution in [-0.2, 0) is 16.0 Å². The van der Waals surface area contributed by atoms with Crippen LogP contribution < -0.4 is 0 Å². The van der Waals surface area contributed by atoms with Crippen LogP contribution in [0.1, 0.15) is 117 Å². The van der Waals surface area contributed by atoms with E-state index in [1.165, 1.54) is 36.2 Å². The van der Waals surface area contributed by atoms with Gasteiger partial charge in [-0.25, -0.2) is 4.79 Å². The lowest BCUT2D eigenvalue weighted by molar-refractivity contribution is -0.118. The molecule has 0 amide bonds. The maximum atomic E-state index is 11.7. The van der Waals surface area contributed by atoms with Gasteiger partial charge in [0.1, 0.15) is 10.7 Å². The third kappa shape index (κ3) is 9.81. The molecule has 5 heteroatoms. The van der Waals surface area contributed by atoms with Gasteiger partial charge in [-0.2, -0.15) is 0 Å². The van der Waals surface area contributed by atoms with Crippen LogP contribution >= 0.6 is 11.3 Å². The molecule has 184 valence electrons. The number of Topliss-reactive ketones (excluding diaryl/α,β-unsaturated/α-hetero) is 1. The molecular formula is C28H42O4S. The lowest BCUT2D eigenvalue weighted by Crippen LogP contribution is -2.05. The Labute approximate surface area is 204 Å². The zero-order valence-electron chi connectivity index (χ0n) is 21.1. The van der Waals surface area contributed by atoms with Crippen molar-refractivity contribution in [2.24, 2.45) is 0 Å². The van der Waals surface area contributed by atoms with Gasteiger partial charge in [0.15, 0.2) is 0 Å². The molecule has 1 N–H and O–H groups in total. The van der Waals surface area contributed by atoms with Crippen molar-refractivity contribution in [2.45, 2.75) is 97.5 Å². The molecule has 1 aliphatic carbocycles. The highest BCUT2D eigenvalue weighted by molar-refractivity contribution is 7.13. The molecule has 1 heterocycles. The molecule has 1 aromatic carbocycles. The van der Waals surface area contributed by atoms with Gasteiger partial charge in [0.25, 0.3) is 0 Å². The van der Waals surface area contributed by atoms with Crippen molar-refractivity contribution < 1.29 is 19.4 Å². The second-order valence-electron chi connectivity index (χ2n) is 8.10. The van der Waals surface area contributed by atoms with E-state index in [0.29, 0.717) is 10.7 Å². The van der Waals surface area contributed by atoms with E-state index in [2.05, 4.69) is 18.6 Å². The number of hydrogen-bond acceptors (Lipinski definition) is 5. The first-order valence-electron chi connectivity index (χ1n) is 12.5. The standard InChI is InChI=1S/C17H24O2.C9H12O2S.C2H6/c1-2-3-4-7-16(18)14-11-9-13(10-12-14)15-6-5-8-17(15)19;1-3-4-7-5-6-8(12-7)9(10)11-2;1-2/h9-12,15-16,18H,2-8H2,1H3;5-6H,3-4H2,1-2H3;1-2H3/t15-,16?;;/m0../s1. The number of methoxy groups -OCH3 is 1. The van der Waals surface area contributed by atoms with E-state index < -0.39 is 0 Å². The Balaban J connectivity index is 0.000000335. The number of ether oxygens (including phenoxy) is 1. The molecule has 1 aromatic heterocycles. The maximum Gasteiger partial charge on any atom is 0.348 e. The number of ketones is 1. The van der Waals surface area contributed by atoms with E-state index in [4.69, 9.17) is 0 Å². The van der Waals surface area contributed by atoms with E-state index in [9.17, 15) is 14.7 Å². The number of unbranched alkanes of at least 4 members (excludes halogenated alkanes) is 2. The molecule has 2 aromatic rings. The maximum absolute atomic E-state index is 11.7. The van der Waals surface area contributed by atoms with Gasteiger partial charge < -0.3 is 9.84 Å². The summed E-state index contributed by atoms with van der Waals surface area (Å²) in [5.74, 6) is 0.241. The average Bonchev–Trinajstić information content (AvgIpc) is 3.50. The molecular weight excluding hydrogens is 432 g/mol. The van der Waals surface area contributed by atoms with Crippen molar-refractivity contribution in [3.63, 3.8) is 0 Å². The molecule has 1 unspecified atom stereocenters. The molecule has 0 spiro atoms. The van der Waals surface area contributed by atoms with E-state index >= 15 is 0 Å². The number of aryl methyl sites for hydroxylation is 1. The van der Waals surface area contributed by atoms with Gasteiger partial charge in [-0.1, -0.05) is 77.6 Å². The van der Waals surface area contributed by atoms with Crippen LogP contribution in [0, 0.1) is 0 Å². The third-order valence-electron chi connectivity index (χ3n) is 5.65. The van der Waals surface area contributed by atoms with Crippen LogP contribution in [0.2, 0.25) is 0 Å². The van der Waals surface area contributed by atoms with Crippen molar-refractivity contribution in [1.29, 1.82) is 0 Å². The Morgan fingerprint density at radius 1 is 1.09 bits per heavy atom. The lowest BCUT2D eigenvalue weighted by Gasteiger charge is -2.13. The van der Waals surface area contributed by atoms with Gasteiger partial charge >= 0.3 is 5.97 Å². The summed E-state index contributed by atoms with van der Waals surface area (Å²) in [5.41, 5.74) is 2.09. The number of hydrogen-bond donors (Lipinski definition) is 1. The van der Waals surface area contributed by atoms with Crippen molar-refractivity contribution >= 4 is 23.1 Å². The molecule has 1 fully saturated rings. The smallest absolute Gasteiger partial charge is 0.348 e. The fourth-order valence-electron chi connectivity index (χ4n) is 3.84.